The van der Waals surface area contributed by atoms with E-state index in [0.717, 1.165) is 54.4 Å². The third-order valence-corrected chi connectivity index (χ3v) is 5.85. The number of unbranched alkanes of at least 4 members (excludes halogenated alkanes) is 2. The van der Waals surface area contributed by atoms with Crippen LogP contribution in [-0.2, 0) is 16.0 Å². The molecule has 0 radical (unpaired) electrons. The number of rotatable bonds is 6. The minimum Gasteiger partial charge on any atom is -0.487 e. The molecule has 27 heavy (non-hydrogen) atoms. The molecule has 2 atom stereocenters. The molecule has 0 fully saturated rings. The summed E-state index contributed by atoms with van der Waals surface area (Å²) in [6.07, 6.45) is 8.80. The van der Waals surface area contributed by atoms with E-state index in [9.17, 15) is 9.59 Å². The van der Waals surface area contributed by atoms with Gasteiger partial charge in [0.25, 0.3) is 0 Å². The standard InChI is InChI=1S/C23H30O4/c1-5-6-7-8-16-12-20(26-15(2)25)22-18-11-17(14-24)9-10-19(18)23(3,4)27-21(22)13-16/h9,12-14,18-19H,5-8,10-11H2,1-4H3/t18-,19-/m1/s1. The SMILES string of the molecule is CCCCCc1cc(OC(C)=O)c2c(c1)OC(C)(C)[C@@H]1CC=C(C=O)C[C@@H]21. The molecule has 4 heteroatoms. The van der Waals surface area contributed by atoms with E-state index < -0.39 is 0 Å². The third kappa shape index (κ3) is 4.10. The van der Waals surface area contributed by atoms with Gasteiger partial charge in [-0.2, -0.15) is 0 Å². The Kier molecular flexibility index (Phi) is 5.73. The number of ether oxygens (including phenoxy) is 2. The van der Waals surface area contributed by atoms with Crippen LogP contribution >= 0.6 is 0 Å². The van der Waals surface area contributed by atoms with Gasteiger partial charge in [-0.15, -0.1) is 0 Å². The Morgan fingerprint density at radius 1 is 1.33 bits per heavy atom. The van der Waals surface area contributed by atoms with Gasteiger partial charge in [-0.05, 0) is 62.8 Å². The highest BCUT2D eigenvalue weighted by atomic mass is 16.5. The van der Waals surface area contributed by atoms with Crippen molar-refractivity contribution in [1.29, 1.82) is 0 Å². The molecule has 0 aromatic heterocycles. The average Bonchev–Trinajstić information content (AvgIpc) is 2.60. The van der Waals surface area contributed by atoms with E-state index in [0.29, 0.717) is 12.2 Å². The number of carbonyl (C=O) groups excluding carboxylic acids is 2. The summed E-state index contributed by atoms with van der Waals surface area (Å²) in [7, 11) is 0. The van der Waals surface area contributed by atoms with Crippen molar-refractivity contribution in [3.63, 3.8) is 0 Å². The van der Waals surface area contributed by atoms with Crippen molar-refractivity contribution in [2.75, 3.05) is 0 Å². The van der Waals surface area contributed by atoms with Crippen molar-refractivity contribution in [2.45, 2.75) is 77.7 Å². The monoisotopic (exact) mass is 370 g/mol. The first-order valence-electron chi connectivity index (χ1n) is 10.0. The Labute approximate surface area is 161 Å². The number of esters is 1. The second-order valence-corrected chi connectivity index (χ2v) is 8.31. The van der Waals surface area contributed by atoms with Gasteiger partial charge in [-0.3, -0.25) is 9.59 Å². The van der Waals surface area contributed by atoms with Crippen molar-refractivity contribution in [1.82, 2.24) is 0 Å². The summed E-state index contributed by atoms with van der Waals surface area (Å²) < 4.78 is 12.0. The molecule has 2 aliphatic rings. The van der Waals surface area contributed by atoms with Gasteiger partial charge in [0.1, 0.15) is 23.4 Å². The maximum atomic E-state index is 11.7. The van der Waals surface area contributed by atoms with Crippen molar-refractivity contribution < 1.29 is 19.1 Å². The summed E-state index contributed by atoms with van der Waals surface area (Å²) in [6.45, 7) is 7.84. The Morgan fingerprint density at radius 3 is 2.78 bits per heavy atom. The highest BCUT2D eigenvalue weighted by Gasteiger charge is 2.46. The molecule has 146 valence electrons. The molecular weight excluding hydrogens is 340 g/mol. The van der Waals surface area contributed by atoms with Crippen LogP contribution in [0.4, 0.5) is 0 Å². The number of fused-ring (bicyclic) bond motifs is 3. The fraction of sp³-hybridized carbons (Fsp3) is 0.565. The summed E-state index contributed by atoms with van der Waals surface area (Å²) in [4.78, 5) is 23.1. The third-order valence-electron chi connectivity index (χ3n) is 5.85. The van der Waals surface area contributed by atoms with Crippen molar-refractivity contribution in [3.8, 4) is 11.5 Å². The number of hydrogen-bond donors (Lipinski definition) is 0. The minimum absolute atomic E-state index is 0.119. The van der Waals surface area contributed by atoms with Crippen LogP contribution in [0, 0.1) is 5.92 Å². The first kappa shape index (κ1) is 19.7. The minimum atomic E-state index is -0.335. The van der Waals surface area contributed by atoms with Crippen molar-refractivity contribution >= 4 is 12.3 Å². The van der Waals surface area contributed by atoms with Crippen LogP contribution in [-0.4, -0.2) is 17.9 Å². The van der Waals surface area contributed by atoms with Gasteiger partial charge in [0.05, 0.1) is 0 Å². The van der Waals surface area contributed by atoms with Crippen LogP contribution in [0.1, 0.15) is 76.8 Å². The molecule has 0 amide bonds. The fourth-order valence-corrected chi connectivity index (χ4v) is 4.52. The van der Waals surface area contributed by atoms with Crippen LogP contribution in [0.25, 0.3) is 0 Å². The number of aldehydes is 1. The Balaban J connectivity index is 2.06. The molecule has 1 heterocycles. The van der Waals surface area contributed by atoms with Gasteiger partial charge < -0.3 is 9.47 Å². The second kappa shape index (κ2) is 7.87. The molecule has 4 nitrogen and oxygen atoms in total. The molecule has 3 rings (SSSR count). The topological polar surface area (TPSA) is 52.6 Å². The Bertz CT molecular complexity index is 760. The van der Waals surface area contributed by atoms with Crippen LogP contribution in [0.5, 0.6) is 11.5 Å². The lowest BCUT2D eigenvalue weighted by atomic mass is 9.67. The lowest BCUT2D eigenvalue weighted by Gasteiger charge is -2.47. The number of benzene rings is 1. The Hall–Kier alpha value is -2.10. The average molecular weight is 370 g/mol. The first-order chi connectivity index (χ1) is 12.9. The molecule has 1 aliphatic heterocycles. The van der Waals surface area contributed by atoms with Gasteiger partial charge in [-0.25, -0.2) is 0 Å². The zero-order valence-corrected chi connectivity index (χ0v) is 16.8. The lowest BCUT2D eigenvalue weighted by Crippen LogP contribution is -2.45. The molecule has 0 saturated heterocycles. The van der Waals surface area contributed by atoms with E-state index in [4.69, 9.17) is 9.47 Å². The highest BCUT2D eigenvalue weighted by molar-refractivity contribution is 5.75. The van der Waals surface area contributed by atoms with E-state index in [1.807, 2.05) is 12.1 Å². The quantitative estimate of drug-likeness (QED) is 0.301. The maximum absolute atomic E-state index is 11.7. The number of carbonyl (C=O) groups is 2. The summed E-state index contributed by atoms with van der Waals surface area (Å²) >= 11 is 0. The van der Waals surface area contributed by atoms with Crippen LogP contribution in [0.2, 0.25) is 0 Å². The normalized spacial score (nSPS) is 22.7. The smallest absolute Gasteiger partial charge is 0.308 e. The van der Waals surface area contributed by atoms with E-state index in [1.54, 1.807) is 0 Å². The molecule has 0 bridgehead atoms. The molecule has 0 unspecified atom stereocenters. The van der Waals surface area contributed by atoms with E-state index >= 15 is 0 Å². The fourth-order valence-electron chi connectivity index (χ4n) is 4.52. The summed E-state index contributed by atoms with van der Waals surface area (Å²) in [5.41, 5.74) is 2.56. The molecule has 1 aliphatic carbocycles. The summed E-state index contributed by atoms with van der Waals surface area (Å²) in [5.74, 6) is 1.44. The van der Waals surface area contributed by atoms with Gasteiger partial charge in [0, 0.05) is 24.3 Å². The largest absolute Gasteiger partial charge is 0.487 e. The van der Waals surface area contributed by atoms with Crippen LogP contribution < -0.4 is 9.47 Å². The number of aryl methyl sites for hydroxylation is 1. The zero-order chi connectivity index (χ0) is 19.6. The molecule has 0 N–H and O–H groups in total. The van der Waals surface area contributed by atoms with Gasteiger partial charge >= 0.3 is 5.97 Å². The van der Waals surface area contributed by atoms with E-state index in [2.05, 4.69) is 26.8 Å². The lowest BCUT2D eigenvalue weighted by molar-refractivity contribution is -0.132. The molecule has 0 saturated carbocycles. The van der Waals surface area contributed by atoms with E-state index in [-0.39, 0.29) is 23.4 Å². The summed E-state index contributed by atoms with van der Waals surface area (Å²) in [5, 5.41) is 0. The highest BCUT2D eigenvalue weighted by Crippen LogP contribution is 2.54. The number of hydrogen-bond acceptors (Lipinski definition) is 4. The first-order valence-corrected chi connectivity index (χ1v) is 10.0. The maximum Gasteiger partial charge on any atom is 0.308 e. The molecule has 1 aromatic rings. The van der Waals surface area contributed by atoms with Gasteiger partial charge in [-0.1, -0.05) is 25.8 Å². The Morgan fingerprint density at radius 2 is 2.11 bits per heavy atom. The molecule has 1 aromatic carbocycles. The van der Waals surface area contributed by atoms with E-state index in [1.165, 1.54) is 13.3 Å². The predicted octanol–water partition coefficient (Wildman–Crippen LogP) is 5.13. The zero-order valence-electron chi connectivity index (χ0n) is 16.8. The van der Waals surface area contributed by atoms with Crippen molar-refractivity contribution in [3.05, 3.63) is 34.9 Å². The van der Waals surface area contributed by atoms with Crippen LogP contribution in [0.3, 0.4) is 0 Å². The predicted molar refractivity (Wildman–Crippen MR) is 105 cm³/mol. The molecule has 0 spiro atoms. The second-order valence-electron chi connectivity index (χ2n) is 8.31. The van der Waals surface area contributed by atoms with Gasteiger partial charge in [0.2, 0.25) is 0 Å². The van der Waals surface area contributed by atoms with Crippen LogP contribution in [0.15, 0.2) is 23.8 Å². The molecular formula is C23H30O4. The van der Waals surface area contributed by atoms with Crippen molar-refractivity contribution in [2.24, 2.45) is 5.92 Å². The summed E-state index contributed by atoms with van der Waals surface area (Å²) in [6, 6.07) is 4.10. The number of allylic oxidation sites excluding steroid dienone is 2. The van der Waals surface area contributed by atoms with Gasteiger partial charge in [0.15, 0.2) is 0 Å².